The van der Waals surface area contributed by atoms with Crippen LogP contribution in [0, 0.1) is 11.3 Å². The predicted molar refractivity (Wildman–Crippen MR) is 85.5 cm³/mol. The fourth-order valence-electron chi connectivity index (χ4n) is 3.55. The minimum absolute atomic E-state index is 0.0513. The van der Waals surface area contributed by atoms with Crippen molar-refractivity contribution in [2.75, 3.05) is 32.2 Å². The first-order chi connectivity index (χ1) is 10.0. The molecule has 2 bridgehead atoms. The van der Waals surface area contributed by atoms with Gasteiger partial charge in [0.25, 0.3) is 0 Å². The molecule has 1 N–H and O–H groups in total. The molecule has 3 nitrogen and oxygen atoms in total. The first kappa shape index (κ1) is 14.6. The molecule has 1 aliphatic carbocycles. The Labute approximate surface area is 127 Å². The van der Waals surface area contributed by atoms with Crippen molar-refractivity contribution >= 4 is 5.69 Å². The molecule has 1 aliphatic heterocycles. The van der Waals surface area contributed by atoms with Crippen LogP contribution in [0.2, 0.25) is 0 Å². The Hall–Kier alpha value is -1.32. The van der Waals surface area contributed by atoms with E-state index in [1.807, 2.05) is 0 Å². The van der Waals surface area contributed by atoms with Crippen LogP contribution in [0.3, 0.4) is 0 Å². The Kier molecular flexibility index (Phi) is 3.80. The Morgan fingerprint density at radius 3 is 2.62 bits per heavy atom. The van der Waals surface area contributed by atoms with Crippen LogP contribution >= 0.6 is 0 Å². The van der Waals surface area contributed by atoms with E-state index in [1.165, 1.54) is 16.8 Å². The van der Waals surface area contributed by atoms with Gasteiger partial charge in [-0.05, 0) is 37.5 Å². The second-order valence-electron chi connectivity index (χ2n) is 6.84. The number of hydrogen-bond donors (Lipinski definition) is 1. The van der Waals surface area contributed by atoms with E-state index in [0.29, 0.717) is 12.5 Å². The summed E-state index contributed by atoms with van der Waals surface area (Å²) < 4.78 is 6.18. The maximum absolute atomic E-state index is 9.72. The zero-order valence-corrected chi connectivity index (χ0v) is 13.2. The van der Waals surface area contributed by atoms with Gasteiger partial charge in [0.05, 0.1) is 19.3 Å². The van der Waals surface area contributed by atoms with Gasteiger partial charge in [0, 0.05) is 31.1 Å². The zero-order valence-electron chi connectivity index (χ0n) is 13.2. The maximum Gasteiger partial charge on any atom is 0.0890 e. The molecule has 114 valence electrons. The Balaban J connectivity index is 1.86. The van der Waals surface area contributed by atoms with E-state index in [2.05, 4.69) is 56.3 Å². The van der Waals surface area contributed by atoms with E-state index in [0.717, 1.165) is 12.8 Å². The van der Waals surface area contributed by atoms with Crippen molar-refractivity contribution in [1.29, 1.82) is 0 Å². The maximum atomic E-state index is 9.72. The van der Waals surface area contributed by atoms with E-state index in [-0.39, 0.29) is 18.1 Å². The van der Waals surface area contributed by atoms with Gasteiger partial charge in [0.1, 0.15) is 0 Å². The number of allylic oxidation sites excluding steroid dienone is 1. The standard InChI is InChI=1S/C18H25NO2/c1-13-8-9-18(11-20)10-16(13)17(21-12-18)14-4-6-15(7-5-14)19(2)3/h4-8,16-17,20H,9-12H2,1-3H3/t16-,17-,18+/m0/s1. The van der Waals surface area contributed by atoms with Crippen LogP contribution in [0.15, 0.2) is 35.9 Å². The molecule has 3 atom stereocenters. The SMILES string of the molecule is CC1=CC[C@@]2(CO)CO[C@@H](c3ccc(N(C)C)cc3)[C@H]1C2. The van der Waals surface area contributed by atoms with E-state index < -0.39 is 0 Å². The van der Waals surface area contributed by atoms with Crippen LogP contribution in [0.1, 0.15) is 31.4 Å². The molecule has 0 saturated carbocycles. The molecule has 3 rings (SSSR count). The molecule has 3 heteroatoms. The largest absolute Gasteiger partial charge is 0.396 e. The minimum Gasteiger partial charge on any atom is -0.396 e. The smallest absolute Gasteiger partial charge is 0.0890 e. The molecule has 1 aromatic carbocycles. The highest BCUT2D eigenvalue weighted by Crippen LogP contribution is 2.50. The molecule has 1 aromatic rings. The van der Waals surface area contributed by atoms with Crippen molar-refractivity contribution in [3.63, 3.8) is 0 Å². The summed E-state index contributed by atoms with van der Waals surface area (Å²) in [4.78, 5) is 2.11. The molecule has 0 radical (unpaired) electrons. The highest BCUT2D eigenvalue weighted by atomic mass is 16.5. The highest BCUT2D eigenvalue weighted by molar-refractivity contribution is 5.46. The van der Waals surface area contributed by atoms with Gasteiger partial charge in [-0.3, -0.25) is 0 Å². The van der Waals surface area contributed by atoms with Crippen LogP contribution in [-0.4, -0.2) is 32.4 Å². The number of nitrogens with zero attached hydrogens (tertiary/aromatic N) is 1. The Morgan fingerprint density at radius 1 is 1.29 bits per heavy atom. The van der Waals surface area contributed by atoms with Crippen LogP contribution in [0.25, 0.3) is 0 Å². The summed E-state index contributed by atoms with van der Waals surface area (Å²) in [6, 6.07) is 8.64. The first-order valence-corrected chi connectivity index (χ1v) is 7.71. The Bertz CT molecular complexity index is 535. The fraction of sp³-hybridized carbons (Fsp3) is 0.556. The second kappa shape index (κ2) is 5.47. The van der Waals surface area contributed by atoms with Crippen molar-refractivity contribution in [3.05, 3.63) is 41.5 Å². The lowest BCUT2D eigenvalue weighted by molar-refractivity contribution is -0.113. The molecule has 0 aromatic heterocycles. The zero-order chi connectivity index (χ0) is 15.0. The third kappa shape index (κ3) is 2.60. The summed E-state index contributed by atoms with van der Waals surface area (Å²) in [5.41, 5.74) is 3.80. The number of fused-ring (bicyclic) bond motifs is 2. The minimum atomic E-state index is -0.0513. The molecular formula is C18H25NO2. The van der Waals surface area contributed by atoms with Crippen LogP contribution in [0.5, 0.6) is 0 Å². The van der Waals surface area contributed by atoms with Crippen molar-refractivity contribution in [1.82, 2.24) is 0 Å². The molecule has 1 heterocycles. The van der Waals surface area contributed by atoms with Crippen molar-refractivity contribution in [2.24, 2.45) is 11.3 Å². The van der Waals surface area contributed by atoms with Gasteiger partial charge in [-0.2, -0.15) is 0 Å². The number of aliphatic hydroxyl groups is 1. The third-order valence-corrected chi connectivity index (χ3v) is 5.10. The summed E-state index contributed by atoms with van der Waals surface area (Å²) in [6.45, 7) is 3.07. The van der Waals surface area contributed by atoms with Crippen LogP contribution < -0.4 is 4.90 Å². The summed E-state index contributed by atoms with van der Waals surface area (Å²) in [6.07, 6.45) is 4.40. The van der Waals surface area contributed by atoms with Crippen LogP contribution in [-0.2, 0) is 4.74 Å². The number of anilines is 1. The Morgan fingerprint density at radius 2 is 2.00 bits per heavy atom. The van der Waals surface area contributed by atoms with Gasteiger partial charge in [-0.1, -0.05) is 23.8 Å². The van der Waals surface area contributed by atoms with Crippen molar-refractivity contribution < 1.29 is 9.84 Å². The number of benzene rings is 1. The average molecular weight is 287 g/mol. The van der Waals surface area contributed by atoms with Crippen molar-refractivity contribution in [3.8, 4) is 0 Å². The van der Waals surface area contributed by atoms with Gasteiger partial charge < -0.3 is 14.7 Å². The highest BCUT2D eigenvalue weighted by Gasteiger charge is 2.44. The van der Waals surface area contributed by atoms with Gasteiger partial charge in [0.2, 0.25) is 0 Å². The summed E-state index contributed by atoms with van der Waals surface area (Å²) in [7, 11) is 4.10. The number of aliphatic hydroxyl groups excluding tert-OH is 1. The number of hydrogen-bond acceptors (Lipinski definition) is 3. The molecule has 0 unspecified atom stereocenters. The summed E-state index contributed by atoms with van der Waals surface area (Å²) >= 11 is 0. The van der Waals surface area contributed by atoms with Crippen LogP contribution in [0.4, 0.5) is 5.69 Å². The fourth-order valence-corrected chi connectivity index (χ4v) is 3.55. The van der Waals surface area contributed by atoms with Crippen molar-refractivity contribution in [2.45, 2.75) is 25.9 Å². The third-order valence-electron chi connectivity index (χ3n) is 5.10. The summed E-state index contributed by atoms with van der Waals surface area (Å²) in [5, 5.41) is 9.72. The topological polar surface area (TPSA) is 32.7 Å². The lowest BCUT2D eigenvalue weighted by Gasteiger charge is -2.47. The van der Waals surface area contributed by atoms with E-state index >= 15 is 0 Å². The van der Waals surface area contributed by atoms with Gasteiger partial charge in [-0.15, -0.1) is 0 Å². The molecule has 2 aliphatic rings. The summed E-state index contributed by atoms with van der Waals surface area (Å²) in [5.74, 6) is 0.393. The lowest BCUT2D eigenvalue weighted by Crippen LogP contribution is -2.43. The van der Waals surface area contributed by atoms with Gasteiger partial charge in [0.15, 0.2) is 0 Å². The van der Waals surface area contributed by atoms with E-state index in [4.69, 9.17) is 4.74 Å². The molecule has 0 amide bonds. The average Bonchev–Trinajstić information content (AvgIpc) is 2.52. The van der Waals surface area contributed by atoms with Gasteiger partial charge in [-0.25, -0.2) is 0 Å². The quantitative estimate of drug-likeness (QED) is 0.867. The monoisotopic (exact) mass is 287 g/mol. The number of rotatable bonds is 3. The number of ether oxygens (including phenoxy) is 1. The second-order valence-corrected chi connectivity index (χ2v) is 6.84. The lowest BCUT2D eigenvalue weighted by atomic mass is 9.67. The normalized spacial score (nSPS) is 31.7. The van der Waals surface area contributed by atoms with Gasteiger partial charge >= 0.3 is 0 Å². The molecule has 0 spiro atoms. The van der Waals surface area contributed by atoms with E-state index in [1.54, 1.807) is 0 Å². The predicted octanol–water partition coefficient (Wildman–Crippen LogP) is 3.16. The first-order valence-electron chi connectivity index (χ1n) is 7.71. The molecular weight excluding hydrogens is 262 g/mol. The molecule has 1 fully saturated rings. The van der Waals surface area contributed by atoms with E-state index in [9.17, 15) is 5.11 Å². The molecule has 21 heavy (non-hydrogen) atoms. The molecule has 1 saturated heterocycles.